The van der Waals surface area contributed by atoms with Crippen molar-refractivity contribution in [1.29, 1.82) is 0 Å². The third kappa shape index (κ3) is 2.76. The SMILES string of the molecule is COc1ccc(C)cc1NS(=O)(=O)N1CCCC1. The van der Waals surface area contributed by atoms with E-state index in [0.717, 1.165) is 18.4 Å². The predicted molar refractivity (Wildman–Crippen MR) is 71.1 cm³/mol. The van der Waals surface area contributed by atoms with Crippen molar-refractivity contribution in [2.45, 2.75) is 19.8 Å². The molecule has 5 nitrogen and oxygen atoms in total. The Bertz CT molecular complexity index is 522. The molecule has 0 saturated carbocycles. The molecule has 18 heavy (non-hydrogen) atoms. The molecule has 0 aromatic heterocycles. The van der Waals surface area contributed by atoms with Crippen LogP contribution in [0.1, 0.15) is 18.4 Å². The van der Waals surface area contributed by atoms with Crippen LogP contribution in [0.5, 0.6) is 5.75 Å². The molecular weight excluding hydrogens is 252 g/mol. The molecule has 0 bridgehead atoms. The fraction of sp³-hybridized carbons (Fsp3) is 0.500. The molecule has 100 valence electrons. The van der Waals surface area contributed by atoms with Crippen molar-refractivity contribution >= 4 is 15.9 Å². The first-order valence-corrected chi connectivity index (χ1v) is 7.39. The van der Waals surface area contributed by atoms with E-state index >= 15 is 0 Å². The molecule has 1 fully saturated rings. The number of hydrogen-bond donors (Lipinski definition) is 1. The Morgan fingerprint density at radius 3 is 2.56 bits per heavy atom. The fourth-order valence-corrected chi connectivity index (χ4v) is 3.34. The predicted octanol–water partition coefficient (Wildman–Crippen LogP) is 1.76. The summed E-state index contributed by atoms with van der Waals surface area (Å²) in [5.41, 5.74) is 1.47. The van der Waals surface area contributed by atoms with E-state index in [1.165, 1.54) is 11.4 Å². The Hall–Kier alpha value is -1.27. The Balaban J connectivity index is 2.25. The van der Waals surface area contributed by atoms with Crippen molar-refractivity contribution in [2.75, 3.05) is 24.9 Å². The number of benzene rings is 1. The molecule has 2 rings (SSSR count). The second kappa shape index (κ2) is 5.16. The molecular formula is C12H18N2O3S. The minimum absolute atomic E-state index is 0.490. The van der Waals surface area contributed by atoms with Gasteiger partial charge in [-0.3, -0.25) is 4.72 Å². The highest BCUT2D eigenvalue weighted by molar-refractivity contribution is 7.90. The summed E-state index contributed by atoms with van der Waals surface area (Å²) < 4.78 is 33.5. The second-order valence-corrected chi connectivity index (χ2v) is 6.09. The molecule has 1 aliphatic heterocycles. The van der Waals surface area contributed by atoms with Crippen LogP contribution >= 0.6 is 0 Å². The maximum Gasteiger partial charge on any atom is 0.301 e. The van der Waals surface area contributed by atoms with E-state index in [1.54, 1.807) is 12.1 Å². The van der Waals surface area contributed by atoms with Crippen molar-refractivity contribution in [3.05, 3.63) is 23.8 Å². The summed E-state index contributed by atoms with van der Waals surface area (Å²) in [7, 11) is -1.93. The Kier molecular flexibility index (Phi) is 3.77. The van der Waals surface area contributed by atoms with Crippen LogP contribution in [0.3, 0.4) is 0 Å². The van der Waals surface area contributed by atoms with E-state index in [9.17, 15) is 8.42 Å². The second-order valence-electron chi connectivity index (χ2n) is 4.42. The average Bonchev–Trinajstić information content (AvgIpc) is 2.83. The van der Waals surface area contributed by atoms with Crippen LogP contribution in [0.15, 0.2) is 18.2 Å². The third-order valence-corrected chi connectivity index (χ3v) is 4.52. The van der Waals surface area contributed by atoms with Crippen molar-refractivity contribution in [2.24, 2.45) is 0 Å². The van der Waals surface area contributed by atoms with Crippen LogP contribution in [0.2, 0.25) is 0 Å². The molecule has 1 aromatic carbocycles. The zero-order valence-corrected chi connectivity index (χ0v) is 11.5. The van der Waals surface area contributed by atoms with Crippen molar-refractivity contribution in [1.82, 2.24) is 4.31 Å². The normalized spacial score (nSPS) is 16.8. The largest absolute Gasteiger partial charge is 0.495 e. The van der Waals surface area contributed by atoms with Gasteiger partial charge in [-0.2, -0.15) is 12.7 Å². The summed E-state index contributed by atoms with van der Waals surface area (Å²) in [6, 6.07) is 5.41. The minimum atomic E-state index is -3.46. The number of hydrogen-bond acceptors (Lipinski definition) is 3. The Morgan fingerprint density at radius 2 is 1.94 bits per heavy atom. The molecule has 0 radical (unpaired) electrons. The van der Waals surface area contributed by atoms with Gasteiger partial charge >= 0.3 is 10.2 Å². The first-order chi connectivity index (χ1) is 8.53. The lowest BCUT2D eigenvalue weighted by atomic mass is 10.2. The topological polar surface area (TPSA) is 58.6 Å². The van der Waals surface area contributed by atoms with Crippen LogP contribution in [0.25, 0.3) is 0 Å². The van der Waals surface area contributed by atoms with Crippen LogP contribution in [-0.4, -0.2) is 32.9 Å². The van der Waals surface area contributed by atoms with Gasteiger partial charge in [-0.25, -0.2) is 0 Å². The lowest BCUT2D eigenvalue weighted by molar-refractivity contribution is 0.416. The van der Waals surface area contributed by atoms with Gasteiger partial charge in [0.2, 0.25) is 0 Å². The molecule has 0 spiro atoms. The average molecular weight is 270 g/mol. The van der Waals surface area contributed by atoms with E-state index in [1.807, 2.05) is 13.0 Å². The van der Waals surface area contributed by atoms with Gasteiger partial charge in [-0.1, -0.05) is 6.07 Å². The van der Waals surface area contributed by atoms with Gasteiger partial charge < -0.3 is 4.74 Å². The maximum absolute atomic E-state index is 12.1. The summed E-state index contributed by atoms with van der Waals surface area (Å²) in [6.45, 7) is 3.08. The number of nitrogens with zero attached hydrogens (tertiary/aromatic N) is 1. The monoisotopic (exact) mass is 270 g/mol. The fourth-order valence-electron chi connectivity index (χ4n) is 2.03. The maximum atomic E-state index is 12.1. The van der Waals surface area contributed by atoms with E-state index in [2.05, 4.69) is 4.72 Å². The van der Waals surface area contributed by atoms with Crippen LogP contribution in [0.4, 0.5) is 5.69 Å². The van der Waals surface area contributed by atoms with Gasteiger partial charge in [-0.15, -0.1) is 0 Å². The van der Waals surface area contributed by atoms with Gasteiger partial charge in [0.15, 0.2) is 0 Å². The summed E-state index contributed by atoms with van der Waals surface area (Å²) in [5, 5.41) is 0. The number of rotatable bonds is 4. The molecule has 1 aromatic rings. The number of methoxy groups -OCH3 is 1. The summed E-state index contributed by atoms with van der Waals surface area (Å²) in [5.74, 6) is 0.531. The Morgan fingerprint density at radius 1 is 1.28 bits per heavy atom. The van der Waals surface area contributed by atoms with Gasteiger partial charge in [0.25, 0.3) is 0 Å². The van der Waals surface area contributed by atoms with Crippen LogP contribution < -0.4 is 9.46 Å². The highest BCUT2D eigenvalue weighted by atomic mass is 32.2. The first kappa shape index (κ1) is 13.2. The standard InChI is InChI=1S/C12H18N2O3S/c1-10-5-6-12(17-2)11(9-10)13-18(15,16)14-7-3-4-8-14/h5-6,9,13H,3-4,7-8H2,1-2H3. The molecule has 0 unspecified atom stereocenters. The zero-order valence-electron chi connectivity index (χ0n) is 10.6. The molecule has 1 saturated heterocycles. The van der Waals surface area contributed by atoms with Crippen LogP contribution in [-0.2, 0) is 10.2 Å². The van der Waals surface area contributed by atoms with Gasteiger partial charge in [0.1, 0.15) is 5.75 Å². The summed E-state index contributed by atoms with van der Waals surface area (Å²) in [6.07, 6.45) is 1.84. The molecule has 0 aliphatic carbocycles. The summed E-state index contributed by atoms with van der Waals surface area (Å²) >= 11 is 0. The zero-order chi connectivity index (χ0) is 13.2. The molecule has 0 atom stereocenters. The number of aryl methyl sites for hydroxylation is 1. The van der Waals surface area contributed by atoms with E-state index < -0.39 is 10.2 Å². The van der Waals surface area contributed by atoms with Gasteiger partial charge in [0, 0.05) is 13.1 Å². The lowest BCUT2D eigenvalue weighted by Gasteiger charge is -2.18. The van der Waals surface area contributed by atoms with Crippen molar-refractivity contribution in [3.8, 4) is 5.75 Å². The van der Waals surface area contributed by atoms with Gasteiger partial charge in [0.05, 0.1) is 12.8 Å². The third-order valence-electron chi connectivity index (χ3n) is 3.00. The number of ether oxygens (including phenoxy) is 1. The number of nitrogens with one attached hydrogen (secondary N) is 1. The van der Waals surface area contributed by atoms with E-state index in [-0.39, 0.29) is 0 Å². The highest BCUT2D eigenvalue weighted by Gasteiger charge is 2.25. The smallest absolute Gasteiger partial charge is 0.301 e. The van der Waals surface area contributed by atoms with E-state index in [4.69, 9.17) is 4.74 Å². The van der Waals surface area contributed by atoms with Gasteiger partial charge in [-0.05, 0) is 37.5 Å². The highest BCUT2D eigenvalue weighted by Crippen LogP contribution is 2.27. The number of anilines is 1. The van der Waals surface area contributed by atoms with Crippen molar-refractivity contribution in [3.63, 3.8) is 0 Å². The summed E-state index contributed by atoms with van der Waals surface area (Å²) in [4.78, 5) is 0. The van der Waals surface area contributed by atoms with E-state index in [0.29, 0.717) is 24.5 Å². The molecule has 1 N–H and O–H groups in total. The molecule has 6 heteroatoms. The minimum Gasteiger partial charge on any atom is -0.495 e. The quantitative estimate of drug-likeness (QED) is 0.907. The van der Waals surface area contributed by atoms with Crippen molar-refractivity contribution < 1.29 is 13.2 Å². The molecule has 1 heterocycles. The lowest BCUT2D eigenvalue weighted by Crippen LogP contribution is -2.33. The molecule has 1 aliphatic rings. The molecule has 0 amide bonds. The Labute approximate surface area is 108 Å². The van der Waals surface area contributed by atoms with Crippen LogP contribution in [0, 0.1) is 6.92 Å². The first-order valence-electron chi connectivity index (χ1n) is 5.95.